The van der Waals surface area contributed by atoms with E-state index in [-0.39, 0.29) is 11.4 Å². The third-order valence-electron chi connectivity index (χ3n) is 1.67. The van der Waals surface area contributed by atoms with Gasteiger partial charge in [0.25, 0.3) is 5.91 Å². The molecule has 0 aliphatic carbocycles. The molecular weight excluding hydrogens is 211 g/mol. The number of carbonyl (C=O) groups is 1. The summed E-state index contributed by atoms with van der Waals surface area (Å²) in [5, 5.41) is 0.858. The van der Waals surface area contributed by atoms with Gasteiger partial charge in [-0.3, -0.25) is 10.1 Å². The largest absolute Gasteiger partial charge is 0.484 e. The molecule has 0 atom stereocenters. The van der Waals surface area contributed by atoms with Gasteiger partial charge >= 0.3 is 6.30 Å². The summed E-state index contributed by atoms with van der Waals surface area (Å²) in [5.41, 5.74) is 5.38. The van der Waals surface area contributed by atoms with Crippen LogP contribution in [-0.4, -0.2) is 17.2 Å². The highest BCUT2D eigenvalue weighted by molar-refractivity contribution is 5.99. The number of pyridine rings is 1. The molecule has 0 aromatic carbocycles. The minimum atomic E-state index is -4.77. The predicted octanol–water partition coefficient (Wildman–Crippen LogP) is 1.22. The number of nitrogens with one attached hydrogen (secondary N) is 1. The number of nitrogens with two attached hydrogens (primary N) is 1. The van der Waals surface area contributed by atoms with Gasteiger partial charge in [0.05, 0.1) is 5.56 Å². The van der Waals surface area contributed by atoms with Gasteiger partial charge in [0.2, 0.25) is 0 Å². The van der Waals surface area contributed by atoms with E-state index in [0.29, 0.717) is 5.56 Å². The molecule has 1 heterocycles. The number of anilines is 1. The highest BCUT2D eigenvalue weighted by Gasteiger charge is 2.31. The van der Waals surface area contributed by atoms with Crippen molar-refractivity contribution in [2.75, 3.05) is 5.73 Å². The number of hydrogen-bond acceptors (Lipinski definition) is 3. The fourth-order valence-corrected chi connectivity index (χ4v) is 1.07. The van der Waals surface area contributed by atoms with Gasteiger partial charge in [-0.15, -0.1) is 0 Å². The number of aryl methyl sites for hydroxylation is 1. The van der Waals surface area contributed by atoms with Crippen molar-refractivity contribution in [1.29, 1.82) is 0 Å². The van der Waals surface area contributed by atoms with Crippen LogP contribution < -0.4 is 11.1 Å². The number of alkyl halides is 3. The normalized spacial score (nSPS) is 11.2. The summed E-state index contributed by atoms with van der Waals surface area (Å²) < 4.78 is 35.6. The van der Waals surface area contributed by atoms with E-state index in [1.54, 1.807) is 0 Å². The summed E-state index contributed by atoms with van der Waals surface area (Å²) in [4.78, 5) is 14.7. The van der Waals surface area contributed by atoms with Gasteiger partial charge in [-0.2, -0.15) is 13.2 Å². The molecule has 3 N–H and O–H groups in total. The van der Waals surface area contributed by atoms with Crippen LogP contribution in [0.25, 0.3) is 0 Å². The van der Waals surface area contributed by atoms with E-state index in [1.807, 2.05) is 0 Å². The molecule has 1 aromatic rings. The summed E-state index contributed by atoms with van der Waals surface area (Å²) >= 11 is 0. The van der Waals surface area contributed by atoms with Gasteiger partial charge < -0.3 is 5.73 Å². The van der Waals surface area contributed by atoms with E-state index in [0.717, 1.165) is 5.32 Å². The van der Waals surface area contributed by atoms with Crippen LogP contribution in [0.15, 0.2) is 12.3 Å². The SMILES string of the molecule is Cc1ccnc(N)c1C(=O)NC(F)(F)F. The lowest BCUT2D eigenvalue weighted by Gasteiger charge is -2.11. The fourth-order valence-electron chi connectivity index (χ4n) is 1.07. The number of aromatic nitrogens is 1. The lowest BCUT2D eigenvalue weighted by Crippen LogP contribution is -2.38. The topological polar surface area (TPSA) is 68.0 Å². The van der Waals surface area contributed by atoms with Crippen LogP contribution in [0.3, 0.4) is 0 Å². The number of nitrogens with zero attached hydrogens (tertiary/aromatic N) is 1. The number of amides is 1. The van der Waals surface area contributed by atoms with E-state index in [4.69, 9.17) is 5.73 Å². The van der Waals surface area contributed by atoms with Crippen molar-refractivity contribution in [2.45, 2.75) is 13.2 Å². The number of carbonyl (C=O) groups excluding carboxylic acids is 1. The van der Waals surface area contributed by atoms with Crippen molar-refractivity contribution >= 4 is 11.7 Å². The van der Waals surface area contributed by atoms with Crippen LogP contribution in [0.1, 0.15) is 15.9 Å². The molecule has 15 heavy (non-hydrogen) atoms. The van der Waals surface area contributed by atoms with Crippen molar-refractivity contribution in [3.8, 4) is 0 Å². The standard InChI is InChI=1S/C8H8F3N3O/c1-4-2-3-13-6(12)5(4)7(15)14-8(9,10)11/h2-3H,1H3,(H2,12,13)(H,14,15). The molecule has 0 unspecified atom stereocenters. The zero-order valence-electron chi connectivity index (χ0n) is 7.72. The molecule has 0 bridgehead atoms. The quantitative estimate of drug-likeness (QED) is 0.698. The van der Waals surface area contributed by atoms with E-state index in [9.17, 15) is 18.0 Å². The lowest BCUT2D eigenvalue weighted by atomic mass is 10.1. The van der Waals surface area contributed by atoms with Crippen molar-refractivity contribution in [3.05, 3.63) is 23.4 Å². The summed E-state index contributed by atoms with van der Waals surface area (Å²) in [6.07, 6.45) is -3.46. The third kappa shape index (κ3) is 2.83. The van der Waals surface area contributed by atoms with Crippen molar-refractivity contribution in [2.24, 2.45) is 0 Å². The van der Waals surface area contributed by atoms with Crippen LogP contribution >= 0.6 is 0 Å². The van der Waals surface area contributed by atoms with Crippen LogP contribution in [0.5, 0.6) is 0 Å². The Balaban J connectivity index is 3.02. The molecule has 1 aromatic heterocycles. The smallest absolute Gasteiger partial charge is 0.383 e. The van der Waals surface area contributed by atoms with Crippen LogP contribution in [-0.2, 0) is 0 Å². The van der Waals surface area contributed by atoms with Gasteiger partial charge in [0.1, 0.15) is 5.82 Å². The van der Waals surface area contributed by atoms with Crippen molar-refractivity contribution in [3.63, 3.8) is 0 Å². The molecule has 0 saturated heterocycles. The molecule has 7 heteroatoms. The van der Waals surface area contributed by atoms with Gasteiger partial charge in [-0.05, 0) is 18.6 Å². The average Bonchev–Trinajstić information content (AvgIpc) is 1.99. The summed E-state index contributed by atoms with van der Waals surface area (Å²) in [7, 11) is 0. The number of halogens is 3. The Labute approximate surface area is 83.3 Å². The second-order valence-corrected chi connectivity index (χ2v) is 2.84. The van der Waals surface area contributed by atoms with Crippen LogP contribution in [0, 0.1) is 6.92 Å². The predicted molar refractivity (Wildman–Crippen MR) is 46.9 cm³/mol. The van der Waals surface area contributed by atoms with E-state index in [2.05, 4.69) is 4.98 Å². The molecule has 0 radical (unpaired) electrons. The maximum atomic E-state index is 11.9. The first kappa shape index (κ1) is 11.3. The number of rotatable bonds is 1. The zero-order chi connectivity index (χ0) is 11.6. The first-order valence-electron chi connectivity index (χ1n) is 3.91. The zero-order valence-corrected chi connectivity index (χ0v) is 7.72. The highest BCUT2D eigenvalue weighted by atomic mass is 19.4. The molecule has 0 fully saturated rings. The fraction of sp³-hybridized carbons (Fsp3) is 0.250. The Morgan fingerprint density at radius 3 is 2.60 bits per heavy atom. The summed E-state index contributed by atoms with van der Waals surface area (Å²) in [6.45, 7) is 1.48. The van der Waals surface area contributed by atoms with Gasteiger partial charge in [0.15, 0.2) is 0 Å². The molecular formula is C8H8F3N3O. The third-order valence-corrected chi connectivity index (χ3v) is 1.67. The molecule has 0 spiro atoms. The first-order chi connectivity index (χ1) is 6.81. The molecule has 1 amide bonds. The van der Waals surface area contributed by atoms with Crippen LogP contribution in [0.2, 0.25) is 0 Å². The minimum Gasteiger partial charge on any atom is -0.383 e. The Bertz CT molecular complexity index is 369. The number of hydrogen-bond donors (Lipinski definition) is 2. The van der Waals surface area contributed by atoms with E-state index in [1.165, 1.54) is 19.2 Å². The minimum absolute atomic E-state index is 0.225. The summed E-state index contributed by atoms with van der Waals surface area (Å²) in [5.74, 6) is -1.53. The Hall–Kier alpha value is -1.79. The number of nitrogen functional groups attached to an aromatic ring is 1. The van der Waals surface area contributed by atoms with Gasteiger partial charge in [0, 0.05) is 6.20 Å². The Morgan fingerprint density at radius 2 is 2.13 bits per heavy atom. The molecule has 1 rings (SSSR count). The van der Waals surface area contributed by atoms with Crippen LogP contribution in [0.4, 0.5) is 19.0 Å². The molecule has 0 saturated carbocycles. The molecule has 0 aliphatic heterocycles. The van der Waals surface area contributed by atoms with Gasteiger partial charge in [-0.25, -0.2) is 4.98 Å². The van der Waals surface area contributed by atoms with E-state index < -0.39 is 12.2 Å². The highest BCUT2D eigenvalue weighted by Crippen LogP contribution is 2.16. The summed E-state index contributed by atoms with van der Waals surface area (Å²) in [6, 6.07) is 1.40. The lowest BCUT2D eigenvalue weighted by molar-refractivity contribution is -0.146. The Kier molecular flexibility index (Phi) is 2.83. The molecule has 4 nitrogen and oxygen atoms in total. The second kappa shape index (κ2) is 3.76. The molecule has 0 aliphatic rings. The maximum Gasteiger partial charge on any atom is 0.484 e. The monoisotopic (exact) mass is 219 g/mol. The van der Waals surface area contributed by atoms with E-state index >= 15 is 0 Å². The second-order valence-electron chi connectivity index (χ2n) is 2.84. The van der Waals surface area contributed by atoms with Crippen molar-refractivity contribution in [1.82, 2.24) is 10.3 Å². The Morgan fingerprint density at radius 1 is 1.53 bits per heavy atom. The average molecular weight is 219 g/mol. The molecule has 82 valence electrons. The maximum absolute atomic E-state index is 11.9. The van der Waals surface area contributed by atoms with Gasteiger partial charge in [-0.1, -0.05) is 0 Å². The first-order valence-corrected chi connectivity index (χ1v) is 3.91. The van der Waals surface area contributed by atoms with Crippen molar-refractivity contribution < 1.29 is 18.0 Å².